The molecule has 0 radical (unpaired) electrons. The van der Waals surface area contributed by atoms with Gasteiger partial charge in [0.2, 0.25) is 6.67 Å². The Hall–Kier alpha value is -0.0800. The zero-order valence-electron chi connectivity index (χ0n) is 5.90. The van der Waals surface area contributed by atoms with E-state index >= 15 is 0 Å². The Morgan fingerprint density at radius 2 is 2.50 bits per heavy atom. The third-order valence-electron chi connectivity index (χ3n) is 0.893. The highest BCUT2D eigenvalue weighted by Crippen LogP contribution is 2.16. The van der Waals surface area contributed by atoms with Gasteiger partial charge in [-0.2, -0.15) is 0 Å². The van der Waals surface area contributed by atoms with Crippen LogP contribution in [-0.4, -0.2) is 18.4 Å². The van der Waals surface area contributed by atoms with Crippen LogP contribution in [0.15, 0.2) is 0 Å². The highest BCUT2D eigenvalue weighted by molar-refractivity contribution is 6.64. The number of rotatable bonds is 3. The van der Waals surface area contributed by atoms with Crippen LogP contribution in [0.1, 0.15) is 13.8 Å². The average molecular weight is 139 g/mol. The van der Waals surface area contributed by atoms with Crippen LogP contribution < -0.4 is 0 Å². The normalized spacial score (nSPS) is 13.1. The van der Waals surface area contributed by atoms with Crippen molar-refractivity contribution in [2.24, 2.45) is 5.41 Å². The van der Waals surface area contributed by atoms with Crippen LogP contribution >= 0.6 is 11.6 Å². The van der Waals surface area contributed by atoms with Gasteiger partial charge in [0.1, 0.15) is 0 Å². The van der Waals surface area contributed by atoms with Crippen molar-refractivity contribution in [2.75, 3.05) is 6.61 Å². The van der Waals surface area contributed by atoms with Gasteiger partial charge in [0.25, 0.3) is 0 Å². The molecule has 0 aromatic heterocycles. The lowest BCUT2D eigenvalue weighted by molar-refractivity contribution is -0.120. The largest absolute Gasteiger partial charge is 0.395 e. The number of halogens is 1. The number of aliphatic hydroxyl groups is 1. The second-order valence-electron chi connectivity index (χ2n) is 2.30. The molecule has 0 saturated carbocycles. The first-order chi connectivity index (χ1) is 4.00. The Morgan fingerprint density at radius 3 is 2.62 bits per heavy atom. The molecular formula is C5H9ClO2. The Morgan fingerprint density at radius 1 is 2.00 bits per heavy atom. The van der Waals surface area contributed by atoms with Gasteiger partial charge in [-0.05, 0) is 25.4 Å². The van der Waals surface area contributed by atoms with E-state index < -0.39 is 10.7 Å². The topological polar surface area (TPSA) is 37.3 Å². The number of carbonyl (C=O) groups excluding carboxylic acids is 1. The first-order valence-corrected chi connectivity index (χ1v) is 2.66. The minimum absolute atomic E-state index is 0.0370. The maximum atomic E-state index is 10.5. The molecule has 3 heteroatoms. The molecule has 1 N–H and O–H groups in total. The third kappa shape index (κ3) is 1.80. The van der Waals surface area contributed by atoms with Crippen LogP contribution in [-0.2, 0) is 4.79 Å². The molecule has 0 amide bonds. The number of hydrogen-bond acceptors (Lipinski definition) is 2. The van der Waals surface area contributed by atoms with Crippen LogP contribution in [0.3, 0.4) is 0 Å². The van der Waals surface area contributed by atoms with Crippen LogP contribution in [0.4, 0.5) is 0 Å². The Kier molecular flexibility index (Phi) is 1.86. The molecule has 0 aliphatic carbocycles. The maximum absolute atomic E-state index is 10.5. The molecule has 48 valence electrons. The smallest absolute Gasteiger partial charge is 0.229 e. The van der Waals surface area contributed by atoms with Gasteiger partial charge in [0, 0.05) is 0 Å². The van der Waals surface area contributed by atoms with E-state index in [2.05, 4.69) is 5.11 Å². The quantitative estimate of drug-likeness (QED) is 0.585. The monoisotopic (exact) mass is 138 g/mol. The van der Waals surface area contributed by atoms with Crippen molar-refractivity contribution in [2.45, 2.75) is 13.8 Å². The number of carbonyl (C=O) groups is 1. The van der Waals surface area contributed by atoms with Crippen molar-refractivity contribution >= 4 is 16.8 Å². The van der Waals surface area contributed by atoms with Gasteiger partial charge in [-0.3, -0.25) is 4.79 Å². The molecule has 0 atom stereocenters. The lowest BCUT2D eigenvalue weighted by Gasteiger charge is -2.13. The first kappa shape index (κ1) is 6.05. The predicted octanol–water partition coefficient (Wildman–Crippen LogP) is 0.770. The van der Waals surface area contributed by atoms with E-state index in [4.69, 9.17) is 13.0 Å². The zero-order chi connectivity index (χ0) is 7.49. The first-order valence-electron chi connectivity index (χ1n) is 2.69. The van der Waals surface area contributed by atoms with Crippen LogP contribution in [0.25, 0.3) is 0 Å². The summed E-state index contributed by atoms with van der Waals surface area (Å²) in [7, 11) is 0. The molecule has 0 spiro atoms. The fraction of sp³-hybridized carbons (Fsp3) is 0.800. The second-order valence-corrected chi connectivity index (χ2v) is 2.65. The van der Waals surface area contributed by atoms with E-state index in [0.29, 0.717) is 0 Å². The SMILES string of the molecule is [3H]OCC(C)(C)C(=O)Cl. The summed E-state index contributed by atoms with van der Waals surface area (Å²) in [5.41, 5.74) is -0.733. The zero-order valence-corrected chi connectivity index (χ0v) is 5.66. The number of hydrogen-bond donors (Lipinski definition) is 1. The highest BCUT2D eigenvalue weighted by Gasteiger charge is 2.23. The van der Waals surface area contributed by atoms with Gasteiger partial charge in [-0.1, -0.05) is 0 Å². The molecule has 0 aliphatic heterocycles. The van der Waals surface area contributed by atoms with Gasteiger partial charge in [0.05, 0.1) is 12.0 Å². The summed E-state index contributed by atoms with van der Waals surface area (Å²) in [5, 5.41) is 3.54. The fourth-order valence-electron chi connectivity index (χ4n) is 0.0567. The molecule has 2 nitrogen and oxygen atoms in total. The Bertz CT molecular complexity index is 114. The summed E-state index contributed by atoms with van der Waals surface area (Å²) in [6, 6.07) is 0. The average Bonchev–Trinajstić information content (AvgIpc) is 1.65. The third-order valence-corrected chi connectivity index (χ3v) is 1.40. The minimum atomic E-state index is -0.733. The van der Waals surface area contributed by atoms with Crippen molar-refractivity contribution in [3.8, 4) is 0 Å². The van der Waals surface area contributed by atoms with Crippen molar-refractivity contribution in [1.82, 2.24) is 0 Å². The van der Waals surface area contributed by atoms with E-state index in [1.807, 2.05) is 0 Å². The van der Waals surface area contributed by atoms with Gasteiger partial charge in [-0.25, -0.2) is 0 Å². The molecule has 0 aromatic rings. The summed E-state index contributed by atoms with van der Waals surface area (Å²) >= 11 is 5.15. The standard InChI is InChI=1S/C5H9ClO2/c1-5(2,3-7)4(6)8/h7H,3H2,1-2H3/i7T. The summed E-state index contributed by atoms with van der Waals surface area (Å²) in [5.74, 6) is 0. The van der Waals surface area contributed by atoms with E-state index in [1.54, 1.807) is 13.8 Å². The molecule has 0 heterocycles. The van der Waals surface area contributed by atoms with E-state index in [0.717, 1.165) is 0 Å². The number of aliphatic hydroxyl groups excluding tert-OH is 1. The molecule has 0 rings (SSSR count). The van der Waals surface area contributed by atoms with Crippen molar-refractivity contribution < 1.29 is 9.90 Å². The van der Waals surface area contributed by atoms with Crippen LogP contribution in [0.2, 0.25) is 0 Å². The molecule has 0 aromatic carbocycles. The summed E-state index contributed by atoms with van der Waals surface area (Å²) in [6.45, 7) is 3.28. The lowest BCUT2D eigenvalue weighted by Crippen LogP contribution is -2.23. The summed E-state index contributed by atoms with van der Waals surface area (Å²) in [6.07, 6.45) is 0. The lowest BCUT2D eigenvalue weighted by atomic mass is 9.97. The second kappa shape index (κ2) is 2.46. The Labute approximate surface area is 54.9 Å². The molecule has 0 fully saturated rings. The van der Waals surface area contributed by atoms with Crippen molar-refractivity contribution in [3.05, 3.63) is 0 Å². The molecule has 0 unspecified atom stereocenters. The van der Waals surface area contributed by atoms with Crippen molar-refractivity contribution in [1.29, 1.82) is 1.43 Å². The predicted molar refractivity (Wildman–Crippen MR) is 31.7 cm³/mol. The van der Waals surface area contributed by atoms with Gasteiger partial charge >= 0.3 is 0 Å². The highest BCUT2D eigenvalue weighted by atomic mass is 35.5. The van der Waals surface area contributed by atoms with Crippen molar-refractivity contribution in [3.63, 3.8) is 0 Å². The van der Waals surface area contributed by atoms with E-state index in [-0.39, 0.29) is 6.61 Å². The molecule has 0 bridgehead atoms. The molecule has 0 saturated heterocycles. The van der Waals surface area contributed by atoms with Crippen LogP contribution in [0, 0.1) is 5.41 Å². The molecular weight excluding hydrogens is 128 g/mol. The summed E-state index contributed by atoms with van der Waals surface area (Å²) < 4.78 is 6.34. The molecule has 8 heavy (non-hydrogen) atoms. The van der Waals surface area contributed by atoms with E-state index in [9.17, 15) is 4.79 Å². The molecule has 0 aliphatic rings. The summed E-state index contributed by atoms with van der Waals surface area (Å²) in [4.78, 5) is 10.5. The van der Waals surface area contributed by atoms with Gasteiger partial charge < -0.3 is 5.11 Å². The van der Waals surface area contributed by atoms with Crippen LogP contribution in [0.5, 0.6) is 0 Å². The van der Waals surface area contributed by atoms with E-state index in [1.165, 1.54) is 0 Å². The van der Waals surface area contributed by atoms with Gasteiger partial charge in [0.15, 0.2) is 0 Å². The minimum Gasteiger partial charge on any atom is -0.395 e. The maximum Gasteiger partial charge on any atom is 0.229 e. The fourth-order valence-corrected chi connectivity index (χ4v) is 0.111. The van der Waals surface area contributed by atoms with Gasteiger partial charge in [-0.15, -0.1) is 0 Å². The Balaban J connectivity index is 3.85.